The van der Waals surface area contributed by atoms with Gasteiger partial charge in [-0.25, -0.2) is 4.98 Å². The molecule has 1 aliphatic heterocycles. The number of pyridine rings is 1. The summed E-state index contributed by atoms with van der Waals surface area (Å²) in [5.74, 6) is 2.12. The molecule has 0 radical (unpaired) electrons. The Hall–Kier alpha value is -1.09. The van der Waals surface area contributed by atoms with E-state index in [4.69, 9.17) is 4.98 Å². The summed E-state index contributed by atoms with van der Waals surface area (Å²) in [4.78, 5) is 7.47. The second kappa shape index (κ2) is 6.13. The highest BCUT2D eigenvalue weighted by molar-refractivity contribution is 5.44. The summed E-state index contributed by atoms with van der Waals surface area (Å²) in [7, 11) is 1.99. The number of anilines is 1. The van der Waals surface area contributed by atoms with Crippen LogP contribution in [0.2, 0.25) is 0 Å². The molecule has 3 rings (SSSR count). The molecule has 110 valence electrons. The lowest BCUT2D eigenvalue weighted by Crippen LogP contribution is -2.35. The van der Waals surface area contributed by atoms with Crippen molar-refractivity contribution in [3.63, 3.8) is 0 Å². The van der Waals surface area contributed by atoms with E-state index in [2.05, 4.69) is 29.3 Å². The van der Waals surface area contributed by atoms with Crippen molar-refractivity contribution in [3.05, 3.63) is 23.4 Å². The van der Waals surface area contributed by atoms with Gasteiger partial charge in [0.15, 0.2) is 0 Å². The zero-order valence-corrected chi connectivity index (χ0v) is 12.9. The third kappa shape index (κ3) is 2.69. The third-order valence-corrected chi connectivity index (χ3v) is 5.09. The van der Waals surface area contributed by atoms with Crippen molar-refractivity contribution in [1.82, 2.24) is 10.3 Å². The van der Waals surface area contributed by atoms with Gasteiger partial charge in [0.1, 0.15) is 5.82 Å². The van der Waals surface area contributed by atoms with Crippen molar-refractivity contribution in [1.29, 1.82) is 0 Å². The smallest absolute Gasteiger partial charge is 0.129 e. The van der Waals surface area contributed by atoms with E-state index in [1.54, 1.807) is 0 Å². The van der Waals surface area contributed by atoms with Crippen molar-refractivity contribution in [3.8, 4) is 0 Å². The van der Waals surface area contributed by atoms with Gasteiger partial charge < -0.3 is 10.2 Å². The van der Waals surface area contributed by atoms with Crippen LogP contribution in [0.5, 0.6) is 0 Å². The van der Waals surface area contributed by atoms with E-state index in [9.17, 15) is 0 Å². The molecule has 1 aliphatic carbocycles. The van der Waals surface area contributed by atoms with Gasteiger partial charge in [-0.1, -0.05) is 18.9 Å². The van der Waals surface area contributed by atoms with Crippen molar-refractivity contribution in [2.24, 2.45) is 5.92 Å². The molecule has 0 bridgehead atoms. The van der Waals surface area contributed by atoms with E-state index in [-0.39, 0.29) is 0 Å². The molecule has 1 saturated heterocycles. The molecule has 3 heteroatoms. The molecular formula is C17H27N3. The number of aromatic nitrogens is 1. The van der Waals surface area contributed by atoms with Gasteiger partial charge in [-0.2, -0.15) is 0 Å². The minimum Gasteiger partial charge on any atom is -0.353 e. The molecule has 2 fully saturated rings. The first-order chi connectivity index (χ1) is 9.79. The molecule has 1 atom stereocenters. The molecule has 1 N–H and O–H groups in total. The van der Waals surface area contributed by atoms with Crippen LogP contribution < -0.4 is 10.2 Å². The Balaban J connectivity index is 1.78. The van der Waals surface area contributed by atoms with Crippen molar-refractivity contribution < 1.29 is 0 Å². The normalized spacial score (nSPS) is 23.7. The van der Waals surface area contributed by atoms with Crippen LogP contribution in [0, 0.1) is 12.8 Å². The van der Waals surface area contributed by atoms with Gasteiger partial charge >= 0.3 is 0 Å². The summed E-state index contributed by atoms with van der Waals surface area (Å²) in [5.41, 5.74) is 2.49. The average molecular weight is 273 g/mol. The fourth-order valence-electron chi connectivity index (χ4n) is 4.02. The molecule has 0 aromatic carbocycles. The second-order valence-corrected chi connectivity index (χ2v) is 6.39. The average Bonchev–Trinajstić information content (AvgIpc) is 3.11. The summed E-state index contributed by atoms with van der Waals surface area (Å²) >= 11 is 0. The van der Waals surface area contributed by atoms with E-state index < -0.39 is 0 Å². The van der Waals surface area contributed by atoms with Crippen LogP contribution in [0.4, 0.5) is 5.82 Å². The van der Waals surface area contributed by atoms with E-state index in [0.717, 1.165) is 18.5 Å². The predicted molar refractivity (Wildman–Crippen MR) is 84.1 cm³/mol. The largest absolute Gasteiger partial charge is 0.353 e. The van der Waals surface area contributed by atoms with Crippen LogP contribution in [0.15, 0.2) is 12.1 Å². The SMILES string of the molecule is CNCc1ccc(N2CCCC2C2CCCC2)nc1C. The van der Waals surface area contributed by atoms with Crippen LogP contribution in [-0.4, -0.2) is 24.6 Å². The first-order valence-electron chi connectivity index (χ1n) is 8.17. The minimum absolute atomic E-state index is 0.750. The van der Waals surface area contributed by atoms with Gasteiger partial charge in [0.2, 0.25) is 0 Å². The fourth-order valence-corrected chi connectivity index (χ4v) is 4.02. The monoisotopic (exact) mass is 273 g/mol. The maximum absolute atomic E-state index is 4.88. The first-order valence-corrected chi connectivity index (χ1v) is 8.17. The zero-order chi connectivity index (χ0) is 13.9. The maximum atomic E-state index is 4.88. The van der Waals surface area contributed by atoms with Gasteiger partial charge in [-0.05, 0) is 57.2 Å². The topological polar surface area (TPSA) is 28.2 Å². The summed E-state index contributed by atoms with van der Waals surface area (Å²) in [5, 5.41) is 3.21. The molecule has 20 heavy (non-hydrogen) atoms. The molecule has 2 heterocycles. The highest BCUT2D eigenvalue weighted by Crippen LogP contribution is 2.37. The number of hydrogen-bond acceptors (Lipinski definition) is 3. The Morgan fingerprint density at radius 3 is 2.70 bits per heavy atom. The Morgan fingerprint density at radius 1 is 1.20 bits per heavy atom. The molecule has 0 amide bonds. The summed E-state index contributed by atoms with van der Waals surface area (Å²) in [6.07, 6.45) is 8.42. The van der Waals surface area contributed by atoms with Gasteiger partial charge in [0, 0.05) is 24.8 Å². The fraction of sp³-hybridized carbons (Fsp3) is 0.706. The number of nitrogens with zero attached hydrogens (tertiary/aromatic N) is 2. The van der Waals surface area contributed by atoms with E-state index in [0.29, 0.717) is 0 Å². The standard InChI is InChI=1S/C17H27N3/c1-13-15(12-18-2)9-10-17(19-13)20-11-5-8-16(20)14-6-3-4-7-14/h9-10,14,16,18H,3-8,11-12H2,1-2H3. The summed E-state index contributed by atoms with van der Waals surface area (Å²) < 4.78 is 0. The number of aryl methyl sites for hydroxylation is 1. The molecular weight excluding hydrogens is 246 g/mol. The lowest BCUT2D eigenvalue weighted by Gasteiger charge is -2.30. The van der Waals surface area contributed by atoms with Crippen LogP contribution >= 0.6 is 0 Å². The van der Waals surface area contributed by atoms with Gasteiger partial charge in [0.05, 0.1) is 0 Å². The van der Waals surface area contributed by atoms with E-state index in [1.165, 1.54) is 62.1 Å². The molecule has 3 nitrogen and oxygen atoms in total. The zero-order valence-electron chi connectivity index (χ0n) is 12.9. The Morgan fingerprint density at radius 2 is 2.00 bits per heavy atom. The van der Waals surface area contributed by atoms with Crippen molar-refractivity contribution in [2.45, 2.75) is 58.0 Å². The molecule has 2 aliphatic rings. The lowest BCUT2D eigenvalue weighted by molar-refractivity contribution is 0.429. The van der Waals surface area contributed by atoms with Gasteiger partial charge in [0.25, 0.3) is 0 Å². The van der Waals surface area contributed by atoms with E-state index >= 15 is 0 Å². The van der Waals surface area contributed by atoms with Crippen LogP contribution in [0.25, 0.3) is 0 Å². The van der Waals surface area contributed by atoms with Crippen LogP contribution in [0.3, 0.4) is 0 Å². The third-order valence-electron chi connectivity index (χ3n) is 5.09. The summed E-state index contributed by atoms with van der Waals surface area (Å²) in [6, 6.07) is 5.23. The quantitative estimate of drug-likeness (QED) is 0.912. The molecule has 1 aromatic rings. The Labute approximate surface area is 122 Å². The lowest BCUT2D eigenvalue weighted by atomic mass is 9.96. The van der Waals surface area contributed by atoms with Crippen LogP contribution in [0.1, 0.15) is 49.8 Å². The van der Waals surface area contributed by atoms with Crippen molar-refractivity contribution in [2.75, 3.05) is 18.5 Å². The van der Waals surface area contributed by atoms with Crippen molar-refractivity contribution >= 4 is 5.82 Å². The van der Waals surface area contributed by atoms with Crippen LogP contribution in [-0.2, 0) is 6.54 Å². The molecule has 1 aromatic heterocycles. The first kappa shape index (κ1) is 13.9. The number of rotatable bonds is 4. The molecule has 1 saturated carbocycles. The number of nitrogens with one attached hydrogen (secondary N) is 1. The molecule has 0 spiro atoms. The Kier molecular flexibility index (Phi) is 4.25. The maximum Gasteiger partial charge on any atom is 0.129 e. The molecule has 1 unspecified atom stereocenters. The summed E-state index contributed by atoms with van der Waals surface area (Å²) in [6.45, 7) is 4.24. The number of hydrogen-bond donors (Lipinski definition) is 1. The predicted octanol–water partition coefficient (Wildman–Crippen LogP) is 3.27. The Bertz CT molecular complexity index is 452. The van der Waals surface area contributed by atoms with Gasteiger partial charge in [-0.3, -0.25) is 0 Å². The minimum atomic E-state index is 0.750. The van der Waals surface area contributed by atoms with E-state index in [1.807, 2.05) is 7.05 Å². The van der Waals surface area contributed by atoms with Gasteiger partial charge in [-0.15, -0.1) is 0 Å². The second-order valence-electron chi connectivity index (χ2n) is 6.39. The highest BCUT2D eigenvalue weighted by atomic mass is 15.2. The highest BCUT2D eigenvalue weighted by Gasteiger charge is 2.33.